The van der Waals surface area contributed by atoms with Crippen molar-refractivity contribution in [3.8, 4) is 0 Å². The Labute approximate surface area is 67.1 Å². The fraction of sp³-hybridized carbons (Fsp3) is 0.333. The molecule has 0 bridgehead atoms. The average Bonchev–Trinajstić information content (AvgIpc) is 2.01. The van der Waals surface area contributed by atoms with Crippen LogP contribution in [-0.2, 0) is 4.84 Å². The summed E-state index contributed by atoms with van der Waals surface area (Å²) in [7, 11) is 0. The Morgan fingerprint density at radius 3 is 2.91 bits per heavy atom. The lowest BCUT2D eigenvalue weighted by molar-refractivity contribution is 0.210. The number of benzene rings is 1. The summed E-state index contributed by atoms with van der Waals surface area (Å²) < 4.78 is 0. The van der Waals surface area contributed by atoms with Crippen LogP contribution in [0.2, 0.25) is 0 Å². The Morgan fingerprint density at radius 1 is 1.45 bits per heavy atom. The van der Waals surface area contributed by atoms with E-state index in [1.165, 1.54) is 5.56 Å². The van der Waals surface area contributed by atoms with Gasteiger partial charge in [0, 0.05) is 0 Å². The molecule has 1 aromatic carbocycles. The highest BCUT2D eigenvalue weighted by Gasteiger charge is 1.89. The van der Waals surface area contributed by atoms with E-state index in [2.05, 4.69) is 18.5 Å². The second-order valence-corrected chi connectivity index (χ2v) is 2.40. The molecule has 0 atom stereocenters. The first-order valence-corrected chi connectivity index (χ1v) is 3.77. The zero-order valence-corrected chi connectivity index (χ0v) is 6.92. The van der Waals surface area contributed by atoms with E-state index in [0.29, 0.717) is 6.61 Å². The Bertz CT molecular complexity index is 223. The van der Waals surface area contributed by atoms with Crippen molar-refractivity contribution in [1.82, 2.24) is 0 Å². The van der Waals surface area contributed by atoms with Gasteiger partial charge < -0.3 is 0 Å². The van der Waals surface area contributed by atoms with E-state index in [-0.39, 0.29) is 0 Å². The topological polar surface area (TPSA) is 21.3 Å². The van der Waals surface area contributed by atoms with Crippen LogP contribution in [0.25, 0.3) is 0 Å². The van der Waals surface area contributed by atoms with Crippen molar-refractivity contribution in [2.24, 2.45) is 0 Å². The highest BCUT2D eigenvalue weighted by atomic mass is 16.6. The first-order valence-electron chi connectivity index (χ1n) is 3.77. The highest BCUT2D eigenvalue weighted by Crippen LogP contribution is 2.08. The van der Waals surface area contributed by atoms with Gasteiger partial charge in [-0.1, -0.05) is 12.1 Å². The van der Waals surface area contributed by atoms with Crippen LogP contribution in [0, 0.1) is 6.92 Å². The first kappa shape index (κ1) is 8.08. The van der Waals surface area contributed by atoms with Crippen LogP contribution in [0.1, 0.15) is 12.5 Å². The van der Waals surface area contributed by atoms with Gasteiger partial charge in [-0.05, 0) is 31.5 Å². The van der Waals surface area contributed by atoms with Gasteiger partial charge in [-0.3, -0.25) is 10.3 Å². The summed E-state index contributed by atoms with van der Waals surface area (Å²) in [5.41, 5.74) is 5.07. The zero-order valence-electron chi connectivity index (χ0n) is 6.92. The van der Waals surface area contributed by atoms with Gasteiger partial charge in [0.1, 0.15) is 0 Å². The van der Waals surface area contributed by atoms with Crippen LogP contribution < -0.4 is 5.48 Å². The van der Waals surface area contributed by atoms with E-state index in [9.17, 15) is 0 Å². The minimum atomic E-state index is 0.675. The van der Waals surface area contributed by atoms with Crippen LogP contribution in [-0.4, -0.2) is 6.61 Å². The first-order chi connectivity index (χ1) is 5.33. The molecule has 0 amide bonds. The van der Waals surface area contributed by atoms with Crippen LogP contribution >= 0.6 is 0 Å². The minimum Gasteiger partial charge on any atom is -0.276 e. The van der Waals surface area contributed by atoms with Crippen molar-refractivity contribution in [1.29, 1.82) is 0 Å². The lowest BCUT2D eigenvalue weighted by Crippen LogP contribution is -1.99. The van der Waals surface area contributed by atoms with E-state index in [1.807, 2.05) is 25.1 Å². The van der Waals surface area contributed by atoms with Gasteiger partial charge in [0.25, 0.3) is 0 Å². The molecule has 11 heavy (non-hydrogen) atoms. The fourth-order valence-corrected chi connectivity index (χ4v) is 0.864. The van der Waals surface area contributed by atoms with E-state index in [0.717, 1.165) is 5.69 Å². The van der Waals surface area contributed by atoms with Crippen LogP contribution in [0.15, 0.2) is 24.3 Å². The van der Waals surface area contributed by atoms with Gasteiger partial charge in [-0.15, -0.1) is 0 Å². The molecule has 0 aliphatic heterocycles. The average molecular weight is 151 g/mol. The van der Waals surface area contributed by atoms with Gasteiger partial charge in [0.05, 0.1) is 12.3 Å². The molecular formula is C9H13NO. The molecule has 0 aliphatic rings. The molecule has 0 aromatic heterocycles. The van der Waals surface area contributed by atoms with Crippen molar-refractivity contribution in [3.05, 3.63) is 29.8 Å². The van der Waals surface area contributed by atoms with Gasteiger partial charge in [0.2, 0.25) is 0 Å². The van der Waals surface area contributed by atoms with E-state index < -0.39 is 0 Å². The zero-order chi connectivity index (χ0) is 8.10. The Hall–Kier alpha value is -1.02. The molecule has 1 rings (SSSR count). The van der Waals surface area contributed by atoms with E-state index in [1.54, 1.807) is 0 Å². The van der Waals surface area contributed by atoms with Gasteiger partial charge >= 0.3 is 0 Å². The van der Waals surface area contributed by atoms with Crippen LogP contribution in [0.5, 0.6) is 0 Å². The summed E-state index contributed by atoms with van der Waals surface area (Å²) in [6.07, 6.45) is 0. The predicted molar refractivity (Wildman–Crippen MR) is 46.4 cm³/mol. The molecular weight excluding hydrogens is 138 g/mol. The molecule has 60 valence electrons. The van der Waals surface area contributed by atoms with Crippen molar-refractivity contribution in [2.45, 2.75) is 13.8 Å². The monoisotopic (exact) mass is 151 g/mol. The van der Waals surface area contributed by atoms with Gasteiger partial charge in [0.15, 0.2) is 0 Å². The Morgan fingerprint density at radius 2 is 2.27 bits per heavy atom. The normalized spacial score (nSPS) is 9.64. The fourth-order valence-electron chi connectivity index (χ4n) is 0.864. The van der Waals surface area contributed by atoms with Crippen molar-refractivity contribution >= 4 is 5.69 Å². The maximum absolute atomic E-state index is 5.02. The maximum Gasteiger partial charge on any atom is 0.0717 e. The molecule has 0 radical (unpaired) electrons. The maximum atomic E-state index is 5.02. The number of hydrogen-bond acceptors (Lipinski definition) is 2. The Kier molecular flexibility index (Phi) is 2.93. The lowest BCUT2D eigenvalue weighted by Gasteiger charge is -2.04. The van der Waals surface area contributed by atoms with Crippen LogP contribution in [0.3, 0.4) is 0 Å². The number of nitrogens with one attached hydrogen (secondary N) is 1. The number of hydrogen-bond donors (Lipinski definition) is 1. The van der Waals surface area contributed by atoms with Crippen molar-refractivity contribution in [3.63, 3.8) is 0 Å². The number of aryl methyl sites for hydroxylation is 1. The Balaban J connectivity index is 2.56. The standard InChI is InChI=1S/C9H13NO/c1-3-11-10-9-6-4-5-8(2)7-9/h4-7,10H,3H2,1-2H3. The number of rotatable bonds is 3. The lowest BCUT2D eigenvalue weighted by atomic mass is 10.2. The highest BCUT2D eigenvalue weighted by molar-refractivity contribution is 5.43. The van der Waals surface area contributed by atoms with Crippen molar-refractivity contribution < 1.29 is 4.84 Å². The molecule has 0 unspecified atom stereocenters. The molecule has 0 saturated heterocycles. The van der Waals surface area contributed by atoms with Gasteiger partial charge in [-0.2, -0.15) is 0 Å². The largest absolute Gasteiger partial charge is 0.276 e. The van der Waals surface area contributed by atoms with E-state index in [4.69, 9.17) is 4.84 Å². The quantitative estimate of drug-likeness (QED) is 0.669. The summed E-state index contributed by atoms with van der Waals surface area (Å²) in [6.45, 7) is 4.67. The molecule has 0 aliphatic carbocycles. The predicted octanol–water partition coefficient (Wildman–Crippen LogP) is 2.36. The summed E-state index contributed by atoms with van der Waals surface area (Å²) >= 11 is 0. The smallest absolute Gasteiger partial charge is 0.0717 e. The third-order valence-corrected chi connectivity index (χ3v) is 1.35. The molecule has 1 aromatic rings. The molecule has 0 spiro atoms. The molecule has 0 saturated carbocycles. The SMILES string of the molecule is CCONc1cccc(C)c1. The third kappa shape index (κ3) is 2.60. The van der Waals surface area contributed by atoms with Gasteiger partial charge in [-0.25, -0.2) is 0 Å². The number of anilines is 1. The summed E-state index contributed by atoms with van der Waals surface area (Å²) in [4.78, 5) is 5.02. The van der Waals surface area contributed by atoms with Crippen molar-refractivity contribution in [2.75, 3.05) is 12.1 Å². The van der Waals surface area contributed by atoms with Crippen LogP contribution in [0.4, 0.5) is 5.69 Å². The summed E-state index contributed by atoms with van der Waals surface area (Å²) in [5, 5.41) is 0. The minimum absolute atomic E-state index is 0.675. The second kappa shape index (κ2) is 3.98. The molecule has 1 N–H and O–H groups in total. The third-order valence-electron chi connectivity index (χ3n) is 1.35. The molecule has 2 heteroatoms. The molecule has 0 fully saturated rings. The summed E-state index contributed by atoms with van der Waals surface area (Å²) in [6, 6.07) is 8.06. The summed E-state index contributed by atoms with van der Waals surface area (Å²) in [5.74, 6) is 0. The van der Waals surface area contributed by atoms with E-state index >= 15 is 0 Å². The molecule has 2 nitrogen and oxygen atoms in total. The second-order valence-electron chi connectivity index (χ2n) is 2.40. The molecule has 0 heterocycles.